The molecule has 3 atom stereocenters. The normalized spacial score (nSPS) is 26.6. The number of rotatable bonds is 6. The van der Waals surface area contributed by atoms with E-state index in [1.165, 1.54) is 16.4 Å². The highest BCUT2D eigenvalue weighted by Crippen LogP contribution is 2.57. The third kappa shape index (κ3) is 3.91. The van der Waals surface area contributed by atoms with E-state index in [4.69, 9.17) is 11.6 Å². The Morgan fingerprint density at radius 3 is 2.39 bits per heavy atom. The molecule has 1 saturated heterocycles. The molecule has 2 N–H and O–H groups in total. The van der Waals surface area contributed by atoms with Crippen LogP contribution in [0.4, 0.5) is 10.1 Å². The molecule has 0 bridgehead atoms. The van der Waals surface area contributed by atoms with Gasteiger partial charge in [0.15, 0.2) is 0 Å². The van der Waals surface area contributed by atoms with Crippen molar-refractivity contribution >= 4 is 33.5 Å². The molecule has 1 heterocycles. The van der Waals surface area contributed by atoms with Crippen LogP contribution in [0.2, 0.25) is 5.02 Å². The van der Waals surface area contributed by atoms with Gasteiger partial charge in [0.1, 0.15) is 11.4 Å². The van der Waals surface area contributed by atoms with Gasteiger partial charge in [0, 0.05) is 37.8 Å². The first-order valence-electron chi connectivity index (χ1n) is 9.94. The van der Waals surface area contributed by atoms with Crippen LogP contribution in [-0.4, -0.2) is 55.5 Å². The predicted molar refractivity (Wildman–Crippen MR) is 116 cm³/mol. The number of hydrogen-bond donors (Lipinski definition) is 2. The fraction of sp³-hybridized carbons (Fsp3) is 0.381. The Labute approximate surface area is 185 Å². The van der Waals surface area contributed by atoms with Crippen molar-refractivity contribution in [3.8, 4) is 0 Å². The summed E-state index contributed by atoms with van der Waals surface area (Å²) in [4.78, 5) is 14.0. The van der Waals surface area contributed by atoms with E-state index in [0.717, 1.165) is 5.56 Å². The lowest BCUT2D eigenvalue weighted by Gasteiger charge is -2.36. The van der Waals surface area contributed by atoms with Gasteiger partial charge in [-0.3, -0.25) is 4.79 Å². The topological polar surface area (TPSA) is 90.0 Å². The number of carboxylic acids is 1. The van der Waals surface area contributed by atoms with Crippen LogP contribution in [0.5, 0.6) is 0 Å². The molecule has 0 amide bonds. The number of anilines is 1. The maximum absolute atomic E-state index is 13.8. The summed E-state index contributed by atoms with van der Waals surface area (Å²) in [5, 5.41) is 9.93. The van der Waals surface area contributed by atoms with E-state index in [0.29, 0.717) is 18.8 Å². The molecule has 2 aromatic carbocycles. The summed E-state index contributed by atoms with van der Waals surface area (Å²) in [6.45, 7) is 2.74. The summed E-state index contributed by atoms with van der Waals surface area (Å²) >= 11 is 5.73. The van der Waals surface area contributed by atoms with E-state index in [-0.39, 0.29) is 24.0 Å². The van der Waals surface area contributed by atoms with E-state index in [1.807, 2.05) is 23.1 Å². The number of nitrogens with zero attached hydrogens (tertiary/aromatic N) is 2. The largest absolute Gasteiger partial charge is 0.480 e. The van der Waals surface area contributed by atoms with Crippen molar-refractivity contribution in [2.75, 3.05) is 31.1 Å². The minimum Gasteiger partial charge on any atom is -0.480 e. The smallest absolute Gasteiger partial charge is 0.325 e. The summed E-state index contributed by atoms with van der Waals surface area (Å²) in [7, 11) is -4.04. The molecule has 10 heteroatoms. The number of benzene rings is 2. The highest BCUT2D eigenvalue weighted by atomic mass is 35.5. The van der Waals surface area contributed by atoms with Crippen LogP contribution in [0, 0.1) is 11.7 Å². The van der Waals surface area contributed by atoms with Crippen molar-refractivity contribution in [2.24, 2.45) is 5.92 Å². The Balaban J connectivity index is 1.48. The Bertz CT molecular complexity index is 1090. The van der Waals surface area contributed by atoms with Gasteiger partial charge in [-0.25, -0.2) is 4.39 Å². The Kier molecular flexibility index (Phi) is 5.72. The first-order chi connectivity index (χ1) is 14.7. The fourth-order valence-electron chi connectivity index (χ4n) is 4.45. The number of aliphatic carboxylic acids is 1. The average Bonchev–Trinajstić information content (AvgIpc) is 3.34. The maximum atomic E-state index is 13.8. The fourth-order valence-corrected chi connectivity index (χ4v) is 6.16. The Morgan fingerprint density at radius 2 is 1.81 bits per heavy atom. The number of nitrogens with one attached hydrogen (secondary N) is 1. The zero-order valence-electron chi connectivity index (χ0n) is 16.8. The lowest BCUT2D eigenvalue weighted by molar-refractivity contribution is -0.140. The van der Waals surface area contributed by atoms with E-state index >= 15 is 0 Å². The summed E-state index contributed by atoms with van der Waals surface area (Å²) in [5.41, 5.74) is -0.167. The number of hydrogen-bond acceptors (Lipinski definition) is 4. The molecule has 0 spiro atoms. The molecule has 2 fully saturated rings. The van der Waals surface area contributed by atoms with E-state index in [9.17, 15) is 22.7 Å². The lowest BCUT2D eigenvalue weighted by Crippen LogP contribution is -2.56. The highest BCUT2D eigenvalue weighted by molar-refractivity contribution is 7.87. The molecule has 1 aliphatic heterocycles. The molecule has 2 aliphatic rings. The number of carboxylic acid groups (broad SMARTS) is 1. The van der Waals surface area contributed by atoms with Crippen LogP contribution in [-0.2, 0) is 15.0 Å². The monoisotopic (exact) mass is 467 g/mol. The quantitative estimate of drug-likeness (QED) is 0.681. The SMILES string of the molecule is C[C@@H]1[C@H](c2ccccc2)[C@]1(NS(=O)(=O)N1CCN(c2ccc(Cl)c(F)c2)CC1)C(=O)O. The van der Waals surface area contributed by atoms with Gasteiger partial charge in [-0.1, -0.05) is 48.9 Å². The third-order valence-corrected chi connectivity index (χ3v) is 8.20. The van der Waals surface area contributed by atoms with Gasteiger partial charge >= 0.3 is 5.97 Å². The minimum atomic E-state index is -4.04. The lowest BCUT2D eigenvalue weighted by atomic mass is 10.1. The van der Waals surface area contributed by atoms with Gasteiger partial charge in [0.05, 0.1) is 5.02 Å². The minimum absolute atomic E-state index is 0.0275. The van der Waals surface area contributed by atoms with Crippen LogP contribution in [0.15, 0.2) is 48.5 Å². The highest BCUT2D eigenvalue weighted by Gasteiger charge is 2.70. The van der Waals surface area contributed by atoms with Crippen LogP contribution in [0.1, 0.15) is 18.4 Å². The molecule has 31 heavy (non-hydrogen) atoms. The van der Waals surface area contributed by atoms with Crippen LogP contribution in [0.3, 0.4) is 0 Å². The van der Waals surface area contributed by atoms with Crippen LogP contribution < -0.4 is 9.62 Å². The van der Waals surface area contributed by atoms with Crippen molar-refractivity contribution in [2.45, 2.75) is 18.4 Å². The first kappa shape index (κ1) is 22.0. The van der Waals surface area contributed by atoms with Gasteiger partial charge < -0.3 is 10.0 Å². The van der Waals surface area contributed by atoms with Crippen LogP contribution >= 0.6 is 11.6 Å². The van der Waals surface area contributed by atoms with Crippen molar-refractivity contribution < 1.29 is 22.7 Å². The Hall–Kier alpha value is -2.20. The molecule has 2 aromatic rings. The molecule has 4 rings (SSSR count). The first-order valence-corrected chi connectivity index (χ1v) is 11.8. The van der Waals surface area contributed by atoms with Crippen molar-refractivity contribution in [1.82, 2.24) is 9.03 Å². The average molecular weight is 468 g/mol. The van der Waals surface area contributed by atoms with E-state index < -0.39 is 33.5 Å². The van der Waals surface area contributed by atoms with Gasteiger partial charge in [0.25, 0.3) is 10.2 Å². The van der Waals surface area contributed by atoms with E-state index in [2.05, 4.69) is 4.72 Å². The summed E-state index contributed by atoms with van der Waals surface area (Å²) in [6.07, 6.45) is 0. The second-order valence-electron chi connectivity index (χ2n) is 7.94. The van der Waals surface area contributed by atoms with Crippen molar-refractivity contribution in [3.05, 3.63) is 64.9 Å². The second-order valence-corrected chi connectivity index (χ2v) is 10.0. The predicted octanol–water partition coefficient (Wildman–Crippen LogP) is 2.69. The van der Waals surface area contributed by atoms with Gasteiger partial charge in [-0.2, -0.15) is 17.4 Å². The molecule has 1 saturated carbocycles. The molecule has 1 aliphatic carbocycles. The van der Waals surface area contributed by atoms with Gasteiger partial charge in [-0.05, 0) is 29.7 Å². The summed E-state index contributed by atoms with van der Waals surface area (Å²) < 4.78 is 43.6. The third-order valence-electron chi connectivity index (χ3n) is 6.26. The van der Waals surface area contributed by atoms with Crippen molar-refractivity contribution in [1.29, 1.82) is 0 Å². The molecule has 7 nitrogen and oxygen atoms in total. The molecular weight excluding hydrogens is 445 g/mol. The molecule has 166 valence electrons. The molecule has 0 unspecified atom stereocenters. The van der Waals surface area contributed by atoms with Gasteiger partial charge in [0.2, 0.25) is 0 Å². The van der Waals surface area contributed by atoms with E-state index in [1.54, 1.807) is 25.1 Å². The molecule has 0 radical (unpaired) electrons. The zero-order chi connectivity index (χ0) is 22.4. The summed E-state index contributed by atoms with van der Waals surface area (Å²) in [5.74, 6) is -2.55. The Morgan fingerprint density at radius 1 is 1.16 bits per heavy atom. The standard InChI is InChI=1S/C21H23ClFN3O4S/c1-14-19(15-5-3-2-4-6-15)21(14,20(27)28)24-31(29,30)26-11-9-25(10-12-26)16-7-8-17(22)18(23)13-16/h2-8,13-14,19,24H,9-12H2,1H3,(H,27,28)/t14-,19-,21+/m1/s1. The molecular formula is C21H23ClFN3O4S. The number of halogens is 2. The number of piperazine rings is 1. The maximum Gasteiger partial charge on any atom is 0.325 e. The zero-order valence-corrected chi connectivity index (χ0v) is 18.4. The van der Waals surface area contributed by atoms with Gasteiger partial charge in [-0.15, -0.1) is 0 Å². The van der Waals surface area contributed by atoms with Crippen LogP contribution in [0.25, 0.3) is 0 Å². The summed E-state index contributed by atoms with van der Waals surface area (Å²) in [6, 6.07) is 13.5. The second kappa shape index (κ2) is 8.05. The van der Waals surface area contributed by atoms with Crippen molar-refractivity contribution in [3.63, 3.8) is 0 Å². The molecule has 0 aromatic heterocycles. The number of carbonyl (C=O) groups is 1.